The molecule has 102 valence electrons. The van der Waals surface area contributed by atoms with E-state index in [0.29, 0.717) is 18.4 Å². The number of ether oxygens (including phenoxy) is 1. The monoisotopic (exact) mass is 270 g/mol. The van der Waals surface area contributed by atoms with E-state index in [1.54, 1.807) is 13.2 Å². The molecule has 0 saturated heterocycles. The Balaban J connectivity index is 1.78. The highest BCUT2D eigenvalue weighted by Gasteiger charge is 2.30. The minimum Gasteiger partial charge on any atom is -0.497 e. The molecule has 2 nitrogen and oxygen atoms in total. The molecule has 0 N–H and O–H groups in total. The van der Waals surface area contributed by atoms with Gasteiger partial charge >= 0.3 is 0 Å². The SMILES string of the molecule is COc1ccc(CC2Cc3ccc(F)cc3C2=O)cc1. The van der Waals surface area contributed by atoms with E-state index in [9.17, 15) is 9.18 Å². The third kappa shape index (κ3) is 2.31. The fourth-order valence-electron chi connectivity index (χ4n) is 2.75. The Morgan fingerprint density at radius 2 is 1.95 bits per heavy atom. The summed E-state index contributed by atoms with van der Waals surface area (Å²) in [4.78, 5) is 12.3. The Labute approximate surface area is 117 Å². The van der Waals surface area contributed by atoms with Gasteiger partial charge in [-0.15, -0.1) is 0 Å². The van der Waals surface area contributed by atoms with E-state index in [-0.39, 0.29) is 17.5 Å². The van der Waals surface area contributed by atoms with Gasteiger partial charge in [0.25, 0.3) is 0 Å². The zero-order chi connectivity index (χ0) is 14.1. The van der Waals surface area contributed by atoms with E-state index in [2.05, 4.69) is 0 Å². The van der Waals surface area contributed by atoms with Crippen LogP contribution in [0.5, 0.6) is 5.75 Å². The summed E-state index contributed by atoms with van der Waals surface area (Å²) in [5, 5.41) is 0. The fraction of sp³-hybridized carbons (Fsp3) is 0.235. The van der Waals surface area contributed by atoms with Crippen molar-refractivity contribution in [2.24, 2.45) is 5.92 Å². The van der Waals surface area contributed by atoms with E-state index in [0.717, 1.165) is 16.9 Å². The van der Waals surface area contributed by atoms with E-state index >= 15 is 0 Å². The van der Waals surface area contributed by atoms with Gasteiger partial charge in [0.05, 0.1) is 7.11 Å². The largest absolute Gasteiger partial charge is 0.497 e. The molecular formula is C17H15FO2. The molecule has 0 aromatic heterocycles. The zero-order valence-electron chi connectivity index (χ0n) is 11.2. The molecule has 2 aromatic carbocycles. The second-order valence-electron chi connectivity index (χ2n) is 5.12. The molecule has 1 atom stereocenters. The first-order valence-corrected chi connectivity index (χ1v) is 6.63. The van der Waals surface area contributed by atoms with Crippen LogP contribution in [0.15, 0.2) is 42.5 Å². The molecule has 0 spiro atoms. The number of fused-ring (bicyclic) bond motifs is 1. The van der Waals surface area contributed by atoms with Crippen molar-refractivity contribution in [2.75, 3.05) is 7.11 Å². The average Bonchev–Trinajstić information content (AvgIpc) is 2.76. The Bertz CT molecular complexity index is 647. The Hall–Kier alpha value is -2.16. The van der Waals surface area contributed by atoms with Crippen molar-refractivity contribution in [3.8, 4) is 5.75 Å². The van der Waals surface area contributed by atoms with Crippen LogP contribution in [0.3, 0.4) is 0 Å². The second-order valence-corrected chi connectivity index (χ2v) is 5.12. The quantitative estimate of drug-likeness (QED) is 0.854. The summed E-state index contributed by atoms with van der Waals surface area (Å²) in [5.41, 5.74) is 2.59. The second kappa shape index (κ2) is 5.08. The van der Waals surface area contributed by atoms with Crippen LogP contribution in [0.25, 0.3) is 0 Å². The maximum Gasteiger partial charge on any atom is 0.166 e. The summed E-state index contributed by atoms with van der Waals surface area (Å²) >= 11 is 0. The molecule has 0 bridgehead atoms. The van der Waals surface area contributed by atoms with Gasteiger partial charge in [0.15, 0.2) is 5.78 Å². The molecule has 0 amide bonds. The molecule has 20 heavy (non-hydrogen) atoms. The van der Waals surface area contributed by atoms with Crippen LogP contribution < -0.4 is 4.74 Å². The van der Waals surface area contributed by atoms with Crippen molar-refractivity contribution in [1.82, 2.24) is 0 Å². The van der Waals surface area contributed by atoms with Gasteiger partial charge < -0.3 is 4.74 Å². The van der Waals surface area contributed by atoms with Crippen molar-refractivity contribution in [3.63, 3.8) is 0 Å². The van der Waals surface area contributed by atoms with Crippen molar-refractivity contribution >= 4 is 5.78 Å². The van der Waals surface area contributed by atoms with Crippen molar-refractivity contribution in [3.05, 3.63) is 65.0 Å². The van der Waals surface area contributed by atoms with Crippen LogP contribution in [-0.4, -0.2) is 12.9 Å². The predicted molar refractivity (Wildman–Crippen MR) is 74.6 cm³/mol. The van der Waals surface area contributed by atoms with Gasteiger partial charge in [-0.3, -0.25) is 4.79 Å². The normalized spacial score (nSPS) is 17.1. The van der Waals surface area contributed by atoms with Gasteiger partial charge in [0.1, 0.15) is 11.6 Å². The summed E-state index contributed by atoms with van der Waals surface area (Å²) in [7, 11) is 1.63. The predicted octanol–water partition coefficient (Wildman–Crippen LogP) is 3.43. The number of benzene rings is 2. The lowest BCUT2D eigenvalue weighted by atomic mass is 9.96. The lowest BCUT2D eigenvalue weighted by Gasteiger charge is -2.08. The standard InChI is InChI=1S/C17H15FO2/c1-20-15-6-2-11(3-7-15)8-13-9-12-4-5-14(18)10-16(12)17(13)19/h2-7,10,13H,8-9H2,1H3. The lowest BCUT2D eigenvalue weighted by molar-refractivity contribution is 0.0936. The maximum absolute atomic E-state index is 13.2. The minimum atomic E-state index is -0.345. The molecule has 3 heteroatoms. The fourth-order valence-corrected chi connectivity index (χ4v) is 2.75. The van der Waals surface area contributed by atoms with Crippen LogP contribution in [0.2, 0.25) is 0 Å². The first-order valence-electron chi connectivity index (χ1n) is 6.63. The van der Waals surface area contributed by atoms with Crippen molar-refractivity contribution in [2.45, 2.75) is 12.8 Å². The molecule has 1 aliphatic carbocycles. The summed E-state index contributed by atoms with van der Waals surface area (Å²) < 4.78 is 18.3. The molecule has 3 rings (SSSR count). The zero-order valence-corrected chi connectivity index (χ0v) is 11.2. The number of ketones is 1. The summed E-state index contributed by atoms with van der Waals surface area (Å²) in [5.74, 6) is 0.426. The number of halogens is 1. The number of carbonyl (C=O) groups is 1. The molecule has 0 radical (unpaired) electrons. The van der Waals surface area contributed by atoms with Gasteiger partial charge in [0, 0.05) is 11.5 Å². The molecule has 2 aromatic rings. The third-order valence-electron chi connectivity index (χ3n) is 3.82. The number of hydrogen-bond acceptors (Lipinski definition) is 2. The first kappa shape index (κ1) is 12.9. The molecule has 1 unspecified atom stereocenters. The molecular weight excluding hydrogens is 255 g/mol. The number of carbonyl (C=O) groups excluding carboxylic acids is 1. The van der Waals surface area contributed by atoms with Gasteiger partial charge in [-0.05, 0) is 48.2 Å². The van der Waals surface area contributed by atoms with Gasteiger partial charge in [-0.2, -0.15) is 0 Å². The smallest absolute Gasteiger partial charge is 0.166 e. The van der Waals surface area contributed by atoms with Crippen LogP contribution >= 0.6 is 0 Å². The maximum atomic E-state index is 13.2. The summed E-state index contributed by atoms with van der Waals surface area (Å²) in [6.07, 6.45) is 1.37. The van der Waals surface area contributed by atoms with Gasteiger partial charge in [-0.25, -0.2) is 4.39 Å². The van der Waals surface area contributed by atoms with Crippen LogP contribution in [0.1, 0.15) is 21.5 Å². The van der Waals surface area contributed by atoms with Crippen LogP contribution in [0, 0.1) is 11.7 Å². The molecule has 0 saturated carbocycles. The number of hydrogen-bond donors (Lipinski definition) is 0. The highest BCUT2D eigenvalue weighted by Crippen LogP contribution is 2.30. The van der Waals surface area contributed by atoms with Crippen molar-refractivity contribution < 1.29 is 13.9 Å². The van der Waals surface area contributed by atoms with Crippen LogP contribution in [0.4, 0.5) is 4.39 Å². The van der Waals surface area contributed by atoms with E-state index in [4.69, 9.17) is 4.74 Å². The topological polar surface area (TPSA) is 26.3 Å². The van der Waals surface area contributed by atoms with E-state index < -0.39 is 0 Å². The third-order valence-corrected chi connectivity index (χ3v) is 3.82. The van der Waals surface area contributed by atoms with Gasteiger partial charge in [0.2, 0.25) is 0 Å². The number of Topliss-reactive ketones (excluding diaryl/α,β-unsaturated/α-hetero) is 1. The highest BCUT2D eigenvalue weighted by molar-refractivity contribution is 6.02. The molecule has 1 aliphatic rings. The molecule has 0 fully saturated rings. The summed E-state index contributed by atoms with van der Waals surface area (Å²) in [6, 6.07) is 12.2. The Morgan fingerprint density at radius 1 is 1.20 bits per heavy atom. The van der Waals surface area contributed by atoms with Crippen molar-refractivity contribution in [1.29, 1.82) is 0 Å². The Morgan fingerprint density at radius 3 is 2.65 bits per heavy atom. The Kier molecular flexibility index (Phi) is 3.26. The van der Waals surface area contributed by atoms with E-state index in [1.165, 1.54) is 12.1 Å². The average molecular weight is 270 g/mol. The molecule has 0 aliphatic heterocycles. The highest BCUT2D eigenvalue weighted by atomic mass is 19.1. The number of rotatable bonds is 3. The van der Waals surface area contributed by atoms with Crippen LogP contribution in [-0.2, 0) is 12.8 Å². The first-order chi connectivity index (χ1) is 9.67. The summed E-state index contributed by atoms with van der Waals surface area (Å²) in [6.45, 7) is 0. The number of methoxy groups -OCH3 is 1. The lowest BCUT2D eigenvalue weighted by Crippen LogP contribution is -2.12. The van der Waals surface area contributed by atoms with E-state index in [1.807, 2.05) is 24.3 Å². The minimum absolute atomic E-state index is 0.0512. The van der Waals surface area contributed by atoms with Gasteiger partial charge in [-0.1, -0.05) is 18.2 Å². The molecule has 0 heterocycles.